The van der Waals surface area contributed by atoms with E-state index >= 15 is 0 Å². The second-order valence-corrected chi connectivity index (χ2v) is 0.463. The number of hydrogen-bond donors (Lipinski definition) is 0. The van der Waals surface area contributed by atoms with Gasteiger partial charge in [-0.15, -0.1) is 0 Å². The van der Waals surface area contributed by atoms with Gasteiger partial charge in [-0.05, 0) is 5.54 Å². The summed E-state index contributed by atoms with van der Waals surface area (Å²) in [7, 11) is 0. The molecule has 0 nitrogen and oxygen atoms in total. The molecule has 0 fully saturated rings. The molecule has 0 heterocycles. The van der Waals surface area contributed by atoms with Crippen molar-refractivity contribution in [1.82, 2.24) is 0 Å². The number of hydrogen-bond acceptors (Lipinski definition) is 0. The molecule has 0 saturated heterocycles. The van der Waals surface area contributed by atoms with Crippen molar-refractivity contribution in [3.63, 3.8) is 0 Å². The van der Waals surface area contributed by atoms with E-state index in [1.165, 1.54) is 5.54 Å². The summed E-state index contributed by atoms with van der Waals surface area (Å²) in [5.74, 6) is 0. The Morgan fingerprint density at radius 1 is 1.75 bits per heavy atom. The molecule has 0 rings (SSSR count). The minimum atomic E-state index is 0. The monoisotopic (exact) mass is 78.0 g/mol. The first kappa shape index (κ1) is 8.98. The molecule has 0 aliphatic heterocycles. The average Bonchev–Trinajstić information content (AvgIpc) is 0.918. The van der Waals surface area contributed by atoms with Crippen molar-refractivity contribution in [2.45, 2.75) is 7.43 Å². The fourth-order valence-electron chi connectivity index (χ4n) is 0. The molecule has 0 aromatic rings. The topological polar surface area (TPSA) is 0 Å². The molecule has 0 bridgehead atoms. The molecule has 0 aliphatic carbocycles. The van der Waals surface area contributed by atoms with Gasteiger partial charge in [0.05, 0.1) is 0 Å². The van der Waals surface area contributed by atoms with Crippen molar-refractivity contribution < 1.29 is 0 Å². The van der Waals surface area contributed by atoms with Crippen LogP contribution in [0.2, 0.25) is 0 Å². The molecule has 26 valence electrons. The lowest BCUT2D eigenvalue weighted by atomic mass is 11.3. The summed E-state index contributed by atoms with van der Waals surface area (Å²) in [4.78, 5) is 0. The predicted octanol–water partition coefficient (Wildman–Crippen LogP) is 2.00. The van der Waals surface area contributed by atoms with Gasteiger partial charge in [-0.25, -0.2) is 0 Å². The Morgan fingerprint density at radius 2 is 1.75 bits per heavy atom. The van der Waals surface area contributed by atoms with Crippen LogP contribution in [0, 0.1) is 0 Å². The minimum Gasteiger partial charge on any atom is -0.0936 e. The molecule has 0 radical (unpaired) electrons. The molecule has 0 saturated carbocycles. The van der Waals surface area contributed by atoms with Crippen LogP contribution >= 0.6 is 11.6 Å². The van der Waals surface area contributed by atoms with Crippen molar-refractivity contribution in [2.75, 3.05) is 0 Å². The Morgan fingerprint density at radius 3 is 1.75 bits per heavy atom. The largest absolute Gasteiger partial charge is 0.0936 e. The first-order chi connectivity index (χ1) is 1.41. The molecule has 0 atom stereocenters. The first-order valence-electron chi connectivity index (χ1n) is 0.626. The molecular formula is C3H7Cl. The summed E-state index contributed by atoms with van der Waals surface area (Å²) in [6.45, 7) is 3.13. The lowest BCUT2D eigenvalue weighted by Crippen LogP contribution is -0.926. The van der Waals surface area contributed by atoms with Crippen molar-refractivity contribution >= 4 is 11.6 Å². The highest BCUT2D eigenvalue weighted by Crippen LogP contribution is 1.60. The summed E-state index contributed by atoms with van der Waals surface area (Å²) < 4.78 is 0. The smallest absolute Gasteiger partial charge is 0.00296 e. The van der Waals surface area contributed by atoms with Crippen LogP contribution < -0.4 is 0 Å². The van der Waals surface area contributed by atoms with Crippen LogP contribution in [0.15, 0.2) is 12.1 Å². The molecule has 4 heavy (non-hydrogen) atoms. The van der Waals surface area contributed by atoms with E-state index in [2.05, 4.69) is 6.58 Å². The van der Waals surface area contributed by atoms with Crippen molar-refractivity contribution in [3.8, 4) is 0 Å². The fourth-order valence-corrected chi connectivity index (χ4v) is 0. The molecule has 0 aliphatic rings. The van der Waals surface area contributed by atoms with Crippen LogP contribution in [-0.2, 0) is 0 Å². The quantitative estimate of drug-likeness (QED) is 0.416. The van der Waals surface area contributed by atoms with E-state index in [-0.39, 0.29) is 7.43 Å². The lowest BCUT2D eigenvalue weighted by Gasteiger charge is -1.27. The molecule has 1 heteroatoms. The van der Waals surface area contributed by atoms with Gasteiger partial charge >= 0.3 is 0 Å². The van der Waals surface area contributed by atoms with Gasteiger partial charge in [0.2, 0.25) is 0 Å². The van der Waals surface area contributed by atoms with E-state index in [1.807, 2.05) is 0 Å². The van der Waals surface area contributed by atoms with Crippen LogP contribution in [0.4, 0.5) is 0 Å². The Hall–Kier alpha value is 0.0300. The molecule has 0 unspecified atom stereocenters. The number of halogens is 1. The van der Waals surface area contributed by atoms with Gasteiger partial charge in [0.15, 0.2) is 0 Å². The molecular weight excluding hydrogens is 71.5 g/mol. The van der Waals surface area contributed by atoms with Gasteiger partial charge in [0.25, 0.3) is 0 Å². The van der Waals surface area contributed by atoms with E-state index in [1.54, 1.807) is 0 Å². The minimum absolute atomic E-state index is 0. The highest BCUT2D eigenvalue weighted by atomic mass is 35.5. The third kappa shape index (κ3) is 2390. The van der Waals surface area contributed by atoms with E-state index < -0.39 is 0 Å². The Kier molecular flexibility index (Phi) is 26.4. The Balaban J connectivity index is 0. The summed E-state index contributed by atoms with van der Waals surface area (Å²) in [6.07, 6.45) is 0. The Bertz CT molecular complexity index is 10.8. The Labute approximate surface area is 32.1 Å². The second-order valence-electron chi connectivity index (χ2n) is 0.154. The van der Waals surface area contributed by atoms with Crippen LogP contribution in [0.5, 0.6) is 0 Å². The molecule has 0 N–H and O–H groups in total. The fraction of sp³-hybridized carbons (Fsp3) is 0.333. The van der Waals surface area contributed by atoms with Gasteiger partial charge in [0.1, 0.15) is 0 Å². The van der Waals surface area contributed by atoms with Gasteiger partial charge < -0.3 is 0 Å². The van der Waals surface area contributed by atoms with Gasteiger partial charge in [0, 0.05) is 0 Å². The molecule has 0 aromatic carbocycles. The summed E-state index contributed by atoms with van der Waals surface area (Å²) in [6, 6.07) is 0. The standard InChI is InChI=1S/C2H3Cl.CH4/c1-2-3;/h2H,1H2;1H4. The maximum atomic E-state index is 4.76. The number of rotatable bonds is 0. The maximum Gasteiger partial charge on any atom is -0.00296 e. The van der Waals surface area contributed by atoms with E-state index in [0.29, 0.717) is 0 Å². The van der Waals surface area contributed by atoms with Gasteiger partial charge in [-0.2, -0.15) is 0 Å². The van der Waals surface area contributed by atoms with Crippen molar-refractivity contribution in [2.24, 2.45) is 0 Å². The normalized spacial score (nSPS) is 3.25. The predicted molar refractivity (Wildman–Crippen MR) is 22.8 cm³/mol. The highest BCUT2D eigenvalue weighted by Gasteiger charge is 1.18. The van der Waals surface area contributed by atoms with Gasteiger partial charge in [-0.3, -0.25) is 0 Å². The third-order valence-corrected chi connectivity index (χ3v) is 0. The molecule has 0 aromatic heterocycles. The highest BCUT2D eigenvalue weighted by molar-refractivity contribution is 6.25. The summed E-state index contributed by atoms with van der Waals surface area (Å²) in [5.41, 5.74) is 1.22. The SMILES string of the molecule is C.C=CCl. The van der Waals surface area contributed by atoms with Crippen LogP contribution in [-0.4, -0.2) is 0 Å². The van der Waals surface area contributed by atoms with E-state index in [4.69, 9.17) is 11.6 Å². The van der Waals surface area contributed by atoms with E-state index in [0.717, 1.165) is 0 Å². The zero-order valence-electron chi connectivity index (χ0n) is 1.66. The molecule has 0 amide bonds. The first-order valence-corrected chi connectivity index (χ1v) is 1.06. The van der Waals surface area contributed by atoms with Crippen LogP contribution in [0.1, 0.15) is 7.43 Å². The average molecular weight is 78.5 g/mol. The molecule has 0 spiro atoms. The summed E-state index contributed by atoms with van der Waals surface area (Å²) >= 11 is 4.76. The van der Waals surface area contributed by atoms with Crippen molar-refractivity contribution in [1.29, 1.82) is 0 Å². The lowest BCUT2D eigenvalue weighted by molar-refractivity contribution is 2.50. The van der Waals surface area contributed by atoms with E-state index in [9.17, 15) is 0 Å². The summed E-state index contributed by atoms with van der Waals surface area (Å²) in [5, 5.41) is 0. The maximum absolute atomic E-state index is 4.76. The third-order valence-electron chi connectivity index (χ3n) is 0. The van der Waals surface area contributed by atoms with Gasteiger partial charge in [-0.1, -0.05) is 25.6 Å². The second kappa shape index (κ2) is 11.8. The van der Waals surface area contributed by atoms with Crippen molar-refractivity contribution in [3.05, 3.63) is 12.1 Å². The van der Waals surface area contributed by atoms with Crippen LogP contribution in [0.3, 0.4) is 0 Å². The zero-order valence-corrected chi connectivity index (χ0v) is 2.42. The zero-order chi connectivity index (χ0) is 2.71. The van der Waals surface area contributed by atoms with Crippen LogP contribution in [0.25, 0.3) is 0 Å².